The Morgan fingerprint density at radius 3 is 2.52 bits per heavy atom. The number of rotatable bonds is 3. The minimum Gasteiger partial charge on any atom is -0.486 e. The number of ether oxygens (including phenoxy) is 2. The Hall–Kier alpha value is -2.53. The number of fused-ring (bicyclic) bond motifs is 1. The van der Waals surface area contributed by atoms with Crippen molar-refractivity contribution in [1.29, 1.82) is 0 Å². The first-order chi connectivity index (χ1) is 10.2. The van der Waals surface area contributed by atoms with Gasteiger partial charge in [-0.3, -0.25) is 4.79 Å². The molecule has 0 unspecified atom stereocenters. The van der Waals surface area contributed by atoms with Gasteiger partial charge in [-0.1, -0.05) is 30.3 Å². The molecule has 0 fully saturated rings. The van der Waals surface area contributed by atoms with E-state index in [1.165, 1.54) is 0 Å². The third-order valence-corrected chi connectivity index (χ3v) is 3.25. The van der Waals surface area contributed by atoms with Crippen molar-refractivity contribution in [3.05, 3.63) is 54.1 Å². The lowest BCUT2D eigenvalue weighted by Crippen LogP contribution is -2.27. The van der Waals surface area contributed by atoms with E-state index in [-0.39, 0.29) is 5.91 Å². The minimum absolute atomic E-state index is 0.266. The summed E-state index contributed by atoms with van der Waals surface area (Å²) >= 11 is 0. The monoisotopic (exact) mass is 284 g/mol. The molecule has 21 heavy (non-hydrogen) atoms. The molecule has 0 aliphatic carbocycles. The largest absolute Gasteiger partial charge is 0.486 e. The first-order valence-corrected chi connectivity index (χ1v) is 6.75. The molecular weight excluding hydrogens is 268 g/mol. The average molecular weight is 284 g/mol. The molecule has 0 saturated heterocycles. The van der Waals surface area contributed by atoms with E-state index in [4.69, 9.17) is 15.2 Å². The summed E-state index contributed by atoms with van der Waals surface area (Å²) in [7, 11) is 0. The summed E-state index contributed by atoms with van der Waals surface area (Å²) in [5.74, 6) is 1.05. The van der Waals surface area contributed by atoms with Gasteiger partial charge in [0.15, 0.2) is 11.5 Å². The fourth-order valence-electron chi connectivity index (χ4n) is 2.15. The maximum absolute atomic E-state index is 12.2. The van der Waals surface area contributed by atoms with E-state index in [9.17, 15) is 4.79 Å². The van der Waals surface area contributed by atoms with Crippen LogP contribution in [0.3, 0.4) is 0 Å². The standard InChI is InChI=1S/C16H16N2O3/c17-15(11-4-2-1-3-5-11)16(19)18-12-6-7-13-14(10-12)21-9-8-20-13/h1-7,10,15H,8-9,17H2,(H,18,19)/t15-/m1/s1. The molecule has 0 spiro atoms. The van der Waals surface area contributed by atoms with Crippen molar-refractivity contribution in [1.82, 2.24) is 0 Å². The molecule has 2 aromatic carbocycles. The fraction of sp³-hybridized carbons (Fsp3) is 0.188. The van der Waals surface area contributed by atoms with Crippen LogP contribution in [0.1, 0.15) is 11.6 Å². The molecule has 1 amide bonds. The highest BCUT2D eigenvalue weighted by atomic mass is 16.6. The van der Waals surface area contributed by atoms with Gasteiger partial charge in [-0.25, -0.2) is 0 Å². The zero-order valence-corrected chi connectivity index (χ0v) is 11.4. The normalized spacial score (nSPS) is 14.3. The van der Waals surface area contributed by atoms with E-state index in [1.54, 1.807) is 18.2 Å². The molecule has 1 aliphatic rings. The smallest absolute Gasteiger partial charge is 0.245 e. The van der Waals surface area contributed by atoms with E-state index in [1.807, 2.05) is 30.3 Å². The number of nitrogens with two attached hydrogens (primary N) is 1. The Morgan fingerprint density at radius 1 is 1.05 bits per heavy atom. The lowest BCUT2D eigenvalue weighted by atomic mass is 10.1. The van der Waals surface area contributed by atoms with Gasteiger partial charge in [-0.05, 0) is 17.7 Å². The molecule has 5 nitrogen and oxygen atoms in total. The van der Waals surface area contributed by atoms with E-state index in [2.05, 4.69) is 5.32 Å². The quantitative estimate of drug-likeness (QED) is 0.905. The maximum atomic E-state index is 12.2. The summed E-state index contributed by atoms with van der Waals surface area (Å²) in [5.41, 5.74) is 7.36. The SMILES string of the molecule is N[C@@H](C(=O)Nc1ccc2c(c1)OCCO2)c1ccccc1. The summed E-state index contributed by atoms with van der Waals surface area (Å²) in [5, 5.41) is 2.79. The van der Waals surface area contributed by atoms with Gasteiger partial charge in [0.1, 0.15) is 19.3 Å². The van der Waals surface area contributed by atoms with Gasteiger partial charge in [0, 0.05) is 11.8 Å². The van der Waals surface area contributed by atoms with Crippen LogP contribution in [0.5, 0.6) is 11.5 Å². The molecule has 3 rings (SSSR count). The molecular formula is C16H16N2O3. The topological polar surface area (TPSA) is 73.6 Å². The minimum atomic E-state index is -0.709. The first kappa shape index (κ1) is 13.5. The van der Waals surface area contributed by atoms with Gasteiger partial charge in [0.2, 0.25) is 5.91 Å². The van der Waals surface area contributed by atoms with Crippen LogP contribution >= 0.6 is 0 Å². The summed E-state index contributed by atoms with van der Waals surface area (Å²) in [6.45, 7) is 1.05. The number of anilines is 1. The van der Waals surface area contributed by atoms with Crippen LogP contribution in [0.25, 0.3) is 0 Å². The van der Waals surface area contributed by atoms with Crippen LogP contribution in [0.15, 0.2) is 48.5 Å². The lowest BCUT2D eigenvalue weighted by molar-refractivity contribution is -0.117. The van der Waals surface area contributed by atoms with Crippen LogP contribution in [-0.2, 0) is 4.79 Å². The predicted molar refractivity (Wildman–Crippen MR) is 79.4 cm³/mol. The molecule has 2 aromatic rings. The van der Waals surface area contributed by atoms with E-state index < -0.39 is 6.04 Å². The van der Waals surface area contributed by atoms with E-state index >= 15 is 0 Å². The summed E-state index contributed by atoms with van der Waals surface area (Å²) in [4.78, 5) is 12.2. The number of hydrogen-bond acceptors (Lipinski definition) is 4. The van der Waals surface area contributed by atoms with E-state index in [0.717, 1.165) is 5.56 Å². The van der Waals surface area contributed by atoms with Gasteiger partial charge in [-0.15, -0.1) is 0 Å². The number of carbonyl (C=O) groups excluding carboxylic acids is 1. The van der Waals surface area contributed by atoms with Crippen LogP contribution in [0.4, 0.5) is 5.69 Å². The maximum Gasteiger partial charge on any atom is 0.245 e. The number of amides is 1. The lowest BCUT2D eigenvalue weighted by Gasteiger charge is -2.19. The average Bonchev–Trinajstić information content (AvgIpc) is 2.55. The van der Waals surface area contributed by atoms with E-state index in [0.29, 0.717) is 30.4 Å². The molecule has 108 valence electrons. The van der Waals surface area contributed by atoms with Crippen molar-refractivity contribution in [3.63, 3.8) is 0 Å². The van der Waals surface area contributed by atoms with Crippen molar-refractivity contribution >= 4 is 11.6 Å². The number of nitrogens with one attached hydrogen (secondary N) is 1. The Labute approximate surface area is 122 Å². The molecule has 1 aliphatic heterocycles. The Kier molecular flexibility index (Phi) is 3.75. The second-order valence-electron chi connectivity index (χ2n) is 4.74. The number of benzene rings is 2. The highest BCUT2D eigenvalue weighted by Gasteiger charge is 2.17. The van der Waals surface area contributed by atoms with Crippen LogP contribution in [0, 0.1) is 0 Å². The third kappa shape index (κ3) is 2.98. The van der Waals surface area contributed by atoms with Crippen LogP contribution < -0.4 is 20.5 Å². The molecule has 3 N–H and O–H groups in total. The highest BCUT2D eigenvalue weighted by Crippen LogP contribution is 2.32. The Morgan fingerprint density at radius 2 is 1.76 bits per heavy atom. The van der Waals surface area contributed by atoms with Crippen LogP contribution in [0.2, 0.25) is 0 Å². The molecule has 0 aromatic heterocycles. The second-order valence-corrected chi connectivity index (χ2v) is 4.74. The van der Waals surface area contributed by atoms with Gasteiger partial charge in [0.25, 0.3) is 0 Å². The molecule has 1 atom stereocenters. The van der Waals surface area contributed by atoms with Gasteiger partial charge in [0.05, 0.1) is 0 Å². The Bertz CT molecular complexity index is 643. The zero-order valence-electron chi connectivity index (χ0n) is 11.4. The molecule has 5 heteroatoms. The Balaban J connectivity index is 1.73. The number of hydrogen-bond donors (Lipinski definition) is 2. The summed E-state index contributed by atoms with van der Waals surface area (Å²) < 4.78 is 10.9. The van der Waals surface area contributed by atoms with Gasteiger partial charge >= 0.3 is 0 Å². The van der Waals surface area contributed by atoms with Crippen molar-refractivity contribution in [2.75, 3.05) is 18.5 Å². The molecule has 0 radical (unpaired) electrons. The van der Waals surface area contributed by atoms with Crippen molar-refractivity contribution in [2.45, 2.75) is 6.04 Å². The highest BCUT2D eigenvalue weighted by molar-refractivity contribution is 5.95. The van der Waals surface area contributed by atoms with Gasteiger partial charge < -0.3 is 20.5 Å². The number of carbonyl (C=O) groups is 1. The fourth-order valence-corrected chi connectivity index (χ4v) is 2.15. The summed E-state index contributed by atoms with van der Waals surface area (Å²) in [6, 6.07) is 13.8. The zero-order chi connectivity index (χ0) is 14.7. The molecule has 0 saturated carbocycles. The third-order valence-electron chi connectivity index (χ3n) is 3.25. The first-order valence-electron chi connectivity index (χ1n) is 6.75. The second kappa shape index (κ2) is 5.85. The van der Waals surface area contributed by atoms with Crippen molar-refractivity contribution in [3.8, 4) is 11.5 Å². The summed E-state index contributed by atoms with van der Waals surface area (Å²) in [6.07, 6.45) is 0. The van der Waals surface area contributed by atoms with Crippen molar-refractivity contribution in [2.24, 2.45) is 5.73 Å². The van der Waals surface area contributed by atoms with Crippen LogP contribution in [-0.4, -0.2) is 19.1 Å². The molecule has 1 heterocycles. The van der Waals surface area contributed by atoms with Gasteiger partial charge in [-0.2, -0.15) is 0 Å². The van der Waals surface area contributed by atoms with Crippen molar-refractivity contribution < 1.29 is 14.3 Å². The molecule has 0 bridgehead atoms. The predicted octanol–water partition coefficient (Wildman–Crippen LogP) is 2.10.